The third-order valence-corrected chi connectivity index (χ3v) is 4.02. The van der Waals surface area contributed by atoms with Gasteiger partial charge in [-0.15, -0.1) is 0 Å². The SMILES string of the molecule is COc1cc(C(=O)N[C@@H](C)c2cccc(OC(C)C)c2)c([N+](=O)[O-])cc1OC. The summed E-state index contributed by atoms with van der Waals surface area (Å²) in [7, 11) is 2.77. The molecule has 8 heteroatoms. The molecule has 1 atom stereocenters. The quantitative estimate of drug-likeness (QED) is 0.544. The summed E-state index contributed by atoms with van der Waals surface area (Å²) in [6.07, 6.45) is 0.0227. The van der Waals surface area contributed by atoms with Gasteiger partial charge in [0.25, 0.3) is 11.6 Å². The molecule has 0 saturated heterocycles. The van der Waals surface area contributed by atoms with E-state index in [0.717, 1.165) is 5.56 Å². The monoisotopic (exact) mass is 388 g/mol. The van der Waals surface area contributed by atoms with Crippen LogP contribution in [0.25, 0.3) is 0 Å². The van der Waals surface area contributed by atoms with E-state index in [1.165, 1.54) is 26.4 Å². The third-order valence-electron chi connectivity index (χ3n) is 4.02. The molecule has 1 N–H and O–H groups in total. The first-order valence-corrected chi connectivity index (χ1v) is 8.74. The molecular weight excluding hydrogens is 364 g/mol. The van der Waals surface area contributed by atoms with Crippen molar-refractivity contribution in [2.45, 2.75) is 32.9 Å². The van der Waals surface area contributed by atoms with Crippen LogP contribution in [0.4, 0.5) is 5.69 Å². The lowest BCUT2D eigenvalue weighted by atomic mass is 10.1. The van der Waals surface area contributed by atoms with Crippen molar-refractivity contribution in [1.82, 2.24) is 5.32 Å². The van der Waals surface area contributed by atoms with Gasteiger partial charge in [-0.2, -0.15) is 0 Å². The normalized spacial score (nSPS) is 11.6. The topological polar surface area (TPSA) is 99.9 Å². The predicted molar refractivity (Wildman–Crippen MR) is 104 cm³/mol. The van der Waals surface area contributed by atoms with E-state index in [9.17, 15) is 14.9 Å². The van der Waals surface area contributed by atoms with E-state index in [1.807, 2.05) is 38.1 Å². The van der Waals surface area contributed by atoms with Gasteiger partial charge in [0.2, 0.25) is 0 Å². The molecule has 0 radical (unpaired) electrons. The van der Waals surface area contributed by atoms with Crippen molar-refractivity contribution >= 4 is 11.6 Å². The Morgan fingerprint density at radius 2 is 1.71 bits per heavy atom. The summed E-state index contributed by atoms with van der Waals surface area (Å²) < 4.78 is 15.9. The minimum atomic E-state index is -0.626. The van der Waals surface area contributed by atoms with Crippen molar-refractivity contribution in [3.8, 4) is 17.2 Å². The molecule has 2 aromatic carbocycles. The summed E-state index contributed by atoms with van der Waals surface area (Å²) in [5, 5.41) is 14.2. The lowest BCUT2D eigenvalue weighted by Gasteiger charge is -2.17. The Balaban J connectivity index is 2.30. The molecule has 2 rings (SSSR count). The van der Waals surface area contributed by atoms with Crippen molar-refractivity contribution < 1.29 is 23.9 Å². The van der Waals surface area contributed by atoms with Crippen LogP contribution in [0.5, 0.6) is 17.2 Å². The van der Waals surface area contributed by atoms with Crippen LogP contribution in [0.1, 0.15) is 42.7 Å². The van der Waals surface area contributed by atoms with Crippen LogP contribution < -0.4 is 19.5 Å². The largest absolute Gasteiger partial charge is 0.493 e. The van der Waals surface area contributed by atoms with Gasteiger partial charge in [0.15, 0.2) is 11.5 Å². The highest BCUT2D eigenvalue weighted by Crippen LogP contribution is 2.34. The van der Waals surface area contributed by atoms with E-state index in [0.29, 0.717) is 5.75 Å². The number of carbonyl (C=O) groups is 1. The Labute approximate surface area is 163 Å². The van der Waals surface area contributed by atoms with Crippen LogP contribution in [0.2, 0.25) is 0 Å². The Hall–Kier alpha value is -3.29. The molecule has 8 nitrogen and oxygen atoms in total. The summed E-state index contributed by atoms with van der Waals surface area (Å²) in [6.45, 7) is 5.64. The Bertz CT molecular complexity index is 866. The van der Waals surface area contributed by atoms with E-state index in [4.69, 9.17) is 14.2 Å². The van der Waals surface area contributed by atoms with E-state index in [1.54, 1.807) is 6.92 Å². The second-order valence-corrected chi connectivity index (χ2v) is 6.42. The van der Waals surface area contributed by atoms with E-state index in [-0.39, 0.29) is 28.9 Å². The number of methoxy groups -OCH3 is 2. The van der Waals surface area contributed by atoms with Crippen LogP contribution in [-0.4, -0.2) is 31.2 Å². The fourth-order valence-corrected chi connectivity index (χ4v) is 2.69. The molecular formula is C20H24N2O6. The molecule has 0 aromatic heterocycles. The number of benzene rings is 2. The maximum atomic E-state index is 12.7. The first kappa shape index (κ1) is 21.0. The number of nitro benzene ring substituents is 1. The number of rotatable bonds is 8. The molecule has 0 aliphatic carbocycles. The maximum Gasteiger partial charge on any atom is 0.286 e. The fourth-order valence-electron chi connectivity index (χ4n) is 2.69. The first-order chi connectivity index (χ1) is 13.3. The predicted octanol–water partition coefficient (Wildman–Crippen LogP) is 3.89. The van der Waals surface area contributed by atoms with Crippen molar-refractivity contribution in [2.75, 3.05) is 14.2 Å². The molecule has 0 bridgehead atoms. The average molecular weight is 388 g/mol. The lowest BCUT2D eigenvalue weighted by Crippen LogP contribution is -2.27. The molecule has 0 aliphatic rings. The van der Waals surface area contributed by atoms with Gasteiger partial charge in [-0.05, 0) is 38.5 Å². The van der Waals surface area contributed by atoms with Crippen LogP contribution in [-0.2, 0) is 0 Å². The zero-order valence-electron chi connectivity index (χ0n) is 16.5. The van der Waals surface area contributed by atoms with Crippen molar-refractivity contribution in [3.63, 3.8) is 0 Å². The summed E-state index contributed by atoms with van der Waals surface area (Å²) in [5.74, 6) is 0.511. The van der Waals surface area contributed by atoms with Crippen LogP contribution in [0.3, 0.4) is 0 Å². The van der Waals surface area contributed by atoms with Gasteiger partial charge >= 0.3 is 0 Å². The van der Waals surface area contributed by atoms with E-state index < -0.39 is 16.9 Å². The number of nitro groups is 1. The summed E-state index contributed by atoms with van der Waals surface area (Å²) in [5.41, 5.74) is 0.345. The summed E-state index contributed by atoms with van der Waals surface area (Å²) in [6, 6.07) is 9.42. The highest BCUT2D eigenvalue weighted by Gasteiger charge is 2.25. The third kappa shape index (κ3) is 4.91. The minimum Gasteiger partial charge on any atom is -0.493 e. The van der Waals surface area contributed by atoms with Crippen molar-refractivity contribution in [2.24, 2.45) is 0 Å². The number of ether oxygens (including phenoxy) is 3. The molecule has 0 fully saturated rings. The highest BCUT2D eigenvalue weighted by atomic mass is 16.6. The molecule has 0 saturated carbocycles. The molecule has 0 spiro atoms. The molecule has 0 aliphatic heterocycles. The smallest absolute Gasteiger partial charge is 0.286 e. The standard InChI is InChI=1S/C20H24N2O6/c1-12(2)28-15-8-6-7-14(9-15)13(3)21-20(23)16-10-18(26-4)19(27-5)11-17(16)22(24)25/h6-13H,1-5H3,(H,21,23)/t13-/m0/s1. The van der Waals surface area contributed by atoms with Gasteiger partial charge < -0.3 is 19.5 Å². The van der Waals surface area contributed by atoms with Gasteiger partial charge in [-0.25, -0.2) is 0 Å². The number of hydrogen-bond donors (Lipinski definition) is 1. The highest BCUT2D eigenvalue weighted by molar-refractivity contribution is 5.99. The first-order valence-electron chi connectivity index (χ1n) is 8.74. The second kappa shape index (κ2) is 9.07. The Kier molecular flexibility index (Phi) is 6.81. The van der Waals surface area contributed by atoms with Crippen LogP contribution in [0, 0.1) is 10.1 Å². The van der Waals surface area contributed by atoms with Gasteiger partial charge in [0, 0.05) is 6.07 Å². The van der Waals surface area contributed by atoms with Gasteiger partial charge in [-0.3, -0.25) is 14.9 Å². The Morgan fingerprint density at radius 3 is 2.29 bits per heavy atom. The lowest BCUT2D eigenvalue weighted by molar-refractivity contribution is -0.385. The molecule has 1 amide bonds. The summed E-state index contributed by atoms with van der Waals surface area (Å²) in [4.78, 5) is 23.5. The number of hydrogen-bond acceptors (Lipinski definition) is 6. The zero-order chi connectivity index (χ0) is 20.8. The van der Waals surface area contributed by atoms with Crippen molar-refractivity contribution in [1.29, 1.82) is 0 Å². The molecule has 0 heterocycles. The molecule has 28 heavy (non-hydrogen) atoms. The molecule has 150 valence electrons. The summed E-state index contributed by atoms with van der Waals surface area (Å²) >= 11 is 0. The van der Waals surface area contributed by atoms with Gasteiger partial charge in [0.05, 0.1) is 37.4 Å². The number of carbonyl (C=O) groups excluding carboxylic acids is 1. The zero-order valence-corrected chi connectivity index (χ0v) is 16.5. The van der Waals surface area contributed by atoms with E-state index >= 15 is 0 Å². The van der Waals surface area contributed by atoms with Crippen molar-refractivity contribution in [3.05, 3.63) is 57.6 Å². The Morgan fingerprint density at radius 1 is 1.07 bits per heavy atom. The van der Waals surface area contributed by atoms with Crippen LogP contribution in [0.15, 0.2) is 36.4 Å². The molecule has 0 unspecified atom stereocenters. The van der Waals surface area contributed by atoms with Crippen LogP contribution >= 0.6 is 0 Å². The minimum absolute atomic E-state index is 0.0227. The number of nitrogens with zero attached hydrogens (tertiary/aromatic N) is 1. The number of nitrogens with one attached hydrogen (secondary N) is 1. The van der Waals surface area contributed by atoms with Gasteiger partial charge in [-0.1, -0.05) is 12.1 Å². The maximum absolute atomic E-state index is 12.7. The fraction of sp³-hybridized carbons (Fsp3) is 0.350. The average Bonchev–Trinajstić information content (AvgIpc) is 2.66. The van der Waals surface area contributed by atoms with Gasteiger partial charge in [0.1, 0.15) is 11.3 Å². The molecule has 2 aromatic rings. The second-order valence-electron chi connectivity index (χ2n) is 6.42. The number of amides is 1. The van der Waals surface area contributed by atoms with E-state index in [2.05, 4.69) is 5.32 Å².